The second kappa shape index (κ2) is 2.14. The summed E-state index contributed by atoms with van der Waals surface area (Å²) in [5.74, 6) is 0.410. The van der Waals surface area contributed by atoms with E-state index < -0.39 is 0 Å². The van der Waals surface area contributed by atoms with Gasteiger partial charge in [0.25, 0.3) is 0 Å². The van der Waals surface area contributed by atoms with E-state index in [1.165, 1.54) is 0 Å². The fourth-order valence-electron chi connectivity index (χ4n) is 0.436. The summed E-state index contributed by atoms with van der Waals surface area (Å²) in [6.07, 6.45) is 0. The van der Waals surface area contributed by atoms with Crippen molar-refractivity contribution in [2.24, 2.45) is 0 Å². The molecule has 0 aliphatic rings. The van der Waals surface area contributed by atoms with E-state index in [1.54, 1.807) is 6.92 Å². The zero-order valence-electron chi connectivity index (χ0n) is 4.67. The van der Waals surface area contributed by atoms with Gasteiger partial charge in [-0.15, -0.1) is 0 Å². The van der Waals surface area contributed by atoms with Gasteiger partial charge in [-0.1, -0.05) is 0 Å². The summed E-state index contributed by atoms with van der Waals surface area (Å²) in [5.41, 5.74) is 0. The molecule has 0 unspecified atom stereocenters. The maximum absolute atomic E-state index is 8.65. The van der Waals surface area contributed by atoms with Crippen molar-refractivity contribution in [3.05, 3.63) is 11.1 Å². The van der Waals surface area contributed by atoms with E-state index in [2.05, 4.69) is 15.0 Å². The normalized spacial score (nSPS) is 9.56. The Hall–Kier alpha value is -0.900. The molecule has 0 spiro atoms. The molecule has 0 fully saturated rings. The number of aryl methyl sites for hydroxylation is 1. The molecule has 1 rings (SSSR count). The Morgan fingerprint density at radius 2 is 2.00 bits per heavy atom. The number of hydrogen-bond donors (Lipinski definition) is 1. The summed E-state index contributed by atoms with van der Waals surface area (Å²) in [6.45, 7) is 1.62. The van der Waals surface area contributed by atoms with Crippen LogP contribution in [0.4, 0.5) is 0 Å². The van der Waals surface area contributed by atoms with Crippen LogP contribution in [0.5, 0.6) is 6.01 Å². The van der Waals surface area contributed by atoms with Crippen molar-refractivity contribution in [3.63, 3.8) is 0 Å². The number of aromatic nitrogens is 3. The van der Waals surface area contributed by atoms with Gasteiger partial charge in [0.15, 0.2) is 0 Å². The lowest BCUT2D eigenvalue weighted by molar-refractivity contribution is 0.426. The Balaban J connectivity index is 3.17. The first kappa shape index (κ1) is 6.22. The molecule has 4 nitrogen and oxygen atoms in total. The van der Waals surface area contributed by atoms with Crippen molar-refractivity contribution in [3.8, 4) is 6.01 Å². The number of rotatable bonds is 0. The second-order valence-corrected chi connectivity index (χ2v) is 1.79. The van der Waals surface area contributed by atoms with Crippen LogP contribution in [0.1, 0.15) is 5.82 Å². The quantitative estimate of drug-likeness (QED) is 0.579. The molecule has 0 aliphatic carbocycles. The molecule has 1 heterocycles. The first-order valence-electron chi connectivity index (χ1n) is 2.25. The van der Waals surface area contributed by atoms with Crippen molar-refractivity contribution in [1.82, 2.24) is 15.0 Å². The monoisotopic (exact) mass is 145 g/mol. The Morgan fingerprint density at radius 1 is 1.33 bits per heavy atom. The van der Waals surface area contributed by atoms with Crippen LogP contribution in [-0.4, -0.2) is 20.1 Å². The molecule has 48 valence electrons. The standard InChI is InChI=1S/C4H4ClN3O/c1-2-6-3(5)8-4(9)7-2/h1H3,(H,6,7,8,9). The van der Waals surface area contributed by atoms with Crippen LogP contribution in [0.3, 0.4) is 0 Å². The lowest BCUT2D eigenvalue weighted by Gasteiger charge is -1.91. The summed E-state index contributed by atoms with van der Waals surface area (Å²) < 4.78 is 0. The summed E-state index contributed by atoms with van der Waals surface area (Å²) in [7, 11) is 0. The molecule has 9 heavy (non-hydrogen) atoms. The molecule has 0 aliphatic heterocycles. The molecule has 0 saturated carbocycles. The van der Waals surface area contributed by atoms with Crippen LogP contribution in [-0.2, 0) is 0 Å². The molecule has 1 aromatic rings. The lowest BCUT2D eigenvalue weighted by Crippen LogP contribution is -1.90. The fourth-order valence-corrected chi connectivity index (χ4v) is 0.634. The topological polar surface area (TPSA) is 58.9 Å². The SMILES string of the molecule is Cc1nc(O)nc(Cl)n1. The van der Waals surface area contributed by atoms with Gasteiger partial charge in [0.1, 0.15) is 5.82 Å². The smallest absolute Gasteiger partial charge is 0.318 e. The number of halogens is 1. The van der Waals surface area contributed by atoms with Crippen molar-refractivity contribution in [1.29, 1.82) is 0 Å². The molecule has 0 radical (unpaired) electrons. The zero-order chi connectivity index (χ0) is 6.85. The Kier molecular flexibility index (Phi) is 1.48. The van der Waals surface area contributed by atoms with Gasteiger partial charge >= 0.3 is 6.01 Å². The number of nitrogens with zero attached hydrogens (tertiary/aromatic N) is 3. The van der Waals surface area contributed by atoms with E-state index >= 15 is 0 Å². The molecule has 5 heteroatoms. The third kappa shape index (κ3) is 1.50. The molecule has 1 N–H and O–H groups in total. The summed E-state index contributed by atoms with van der Waals surface area (Å²) >= 11 is 5.33. The Bertz CT molecular complexity index is 177. The first-order valence-corrected chi connectivity index (χ1v) is 2.63. The van der Waals surface area contributed by atoms with E-state index in [1.807, 2.05) is 0 Å². The molecule has 0 aromatic carbocycles. The minimum Gasteiger partial charge on any atom is -0.479 e. The molecule has 0 atom stereocenters. The summed E-state index contributed by atoms with van der Waals surface area (Å²) in [4.78, 5) is 10.4. The fraction of sp³-hybridized carbons (Fsp3) is 0.250. The lowest BCUT2D eigenvalue weighted by atomic mass is 10.7. The maximum atomic E-state index is 8.65. The number of hydrogen-bond acceptors (Lipinski definition) is 4. The Morgan fingerprint density at radius 3 is 2.44 bits per heavy atom. The van der Waals surface area contributed by atoms with Crippen LogP contribution in [0, 0.1) is 6.92 Å². The van der Waals surface area contributed by atoms with Crippen LogP contribution in [0.25, 0.3) is 0 Å². The van der Waals surface area contributed by atoms with E-state index in [0.717, 1.165) is 0 Å². The van der Waals surface area contributed by atoms with Gasteiger partial charge in [-0.2, -0.15) is 9.97 Å². The average Bonchev–Trinajstić information content (AvgIpc) is 1.59. The third-order valence-corrected chi connectivity index (χ3v) is 0.877. The molecular weight excluding hydrogens is 142 g/mol. The minimum atomic E-state index is -0.340. The van der Waals surface area contributed by atoms with Crippen molar-refractivity contribution < 1.29 is 5.11 Å². The van der Waals surface area contributed by atoms with Crippen LogP contribution >= 0.6 is 11.6 Å². The average molecular weight is 146 g/mol. The number of aromatic hydroxyl groups is 1. The maximum Gasteiger partial charge on any atom is 0.318 e. The molecule has 0 bridgehead atoms. The van der Waals surface area contributed by atoms with E-state index in [-0.39, 0.29) is 11.3 Å². The van der Waals surface area contributed by atoms with E-state index in [0.29, 0.717) is 5.82 Å². The molecule has 1 aromatic heterocycles. The van der Waals surface area contributed by atoms with Crippen molar-refractivity contribution in [2.75, 3.05) is 0 Å². The van der Waals surface area contributed by atoms with E-state index in [4.69, 9.17) is 16.7 Å². The third-order valence-electron chi connectivity index (χ3n) is 0.708. The largest absolute Gasteiger partial charge is 0.479 e. The van der Waals surface area contributed by atoms with Crippen LogP contribution < -0.4 is 0 Å². The summed E-state index contributed by atoms with van der Waals surface area (Å²) in [6, 6.07) is -0.340. The first-order chi connectivity index (χ1) is 4.18. The van der Waals surface area contributed by atoms with Crippen LogP contribution in [0.2, 0.25) is 5.28 Å². The highest BCUT2D eigenvalue weighted by Gasteiger charge is 1.96. The van der Waals surface area contributed by atoms with Gasteiger partial charge in [0.05, 0.1) is 0 Å². The molecule has 0 amide bonds. The van der Waals surface area contributed by atoms with Gasteiger partial charge in [-0.05, 0) is 18.5 Å². The summed E-state index contributed by atoms with van der Waals surface area (Å²) in [5, 5.41) is 8.66. The van der Waals surface area contributed by atoms with Crippen molar-refractivity contribution in [2.45, 2.75) is 6.92 Å². The van der Waals surface area contributed by atoms with Crippen molar-refractivity contribution >= 4 is 11.6 Å². The highest BCUT2D eigenvalue weighted by molar-refractivity contribution is 6.28. The highest BCUT2D eigenvalue weighted by atomic mass is 35.5. The van der Waals surface area contributed by atoms with Crippen LogP contribution in [0.15, 0.2) is 0 Å². The predicted molar refractivity (Wildman–Crippen MR) is 31.2 cm³/mol. The van der Waals surface area contributed by atoms with Gasteiger partial charge in [-0.25, -0.2) is 4.98 Å². The predicted octanol–water partition coefficient (Wildman–Crippen LogP) is 0.539. The molecular formula is C4H4ClN3O. The van der Waals surface area contributed by atoms with Gasteiger partial charge in [-0.3, -0.25) is 0 Å². The zero-order valence-corrected chi connectivity index (χ0v) is 5.42. The van der Waals surface area contributed by atoms with Gasteiger partial charge in [0, 0.05) is 0 Å². The molecule has 0 saturated heterocycles. The second-order valence-electron chi connectivity index (χ2n) is 1.45. The minimum absolute atomic E-state index is 0.0139. The highest BCUT2D eigenvalue weighted by Crippen LogP contribution is 2.04. The van der Waals surface area contributed by atoms with Gasteiger partial charge < -0.3 is 5.11 Å². The Labute approximate surface area is 56.6 Å². The van der Waals surface area contributed by atoms with Gasteiger partial charge in [0.2, 0.25) is 5.28 Å². The van der Waals surface area contributed by atoms with E-state index in [9.17, 15) is 0 Å².